The molecule has 0 saturated carbocycles. The fourth-order valence-corrected chi connectivity index (χ4v) is 6.31. The summed E-state index contributed by atoms with van der Waals surface area (Å²) in [7, 11) is 3.14. The average molecular weight is 760 g/mol. The number of aryl methyl sites for hydroxylation is 1. The molecule has 0 atom stereocenters. The van der Waals surface area contributed by atoms with Crippen LogP contribution in [0.3, 0.4) is 0 Å². The van der Waals surface area contributed by atoms with Crippen LogP contribution in [0.25, 0.3) is 22.2 Å². The van der Waals surface area contributed by atoms with Crippen LogP contribution in [0.5, 0.6) is 17.2 Å². The van der Waals surface area contributed by atoms with E-state index in [0.29, 0.717) is 37.0 Å². The quantitative estimate of drug-likeness (QED) is 0.0967. The lowest BCUT2D eigenvalue weighted by molar-refractivity contribution is -0.137. The van der Waals surface area contributed by atoms with Crippen molar-refractivity contribution in [1.29, 1.82) is 0 Å². The molecule has 4 N–H and O–H groups in total. The summed E-state index contributed by atoms with van der Waals surface area (Å²) in [6.45, 7) is 2.63. The lowest BCUT2D eigenvalue weighted by Crippen LogP contribution is -2.24. The van der Waals surface area contributed by atoms with Gasteiger partial charge in [0.1, 0.15) is 35.1 Å². The van der Waals surface area contributed by atoms with Crippen molar-refractivity contribution in [3.05, 3.63) is 129 Å². The van der Waals surface area contributed by atoms with E-state index in [1.54, 1.807) is 26.5 Å². The van der Waals surface area contributed by atoms with Crippen molar-refractivity contribution in [3.8, 4) is 28.5 Å². The second kappa shape index (κ2) is 16.4. The number of alkyl halides is 3. The van der Waals surface area contributed by atoms with Crippen LogP contribution < -0.4 is 35.7 Å². The van der Waals surface area contributed by atoms with Crippen molar-refractivity contribution in [2.24, 2.45) is 0 Å². The van der Waals surface area contributed by atoms with Crippen LogP contribution in [-0.4, -0.2) is 47.3 Å². The predicted molar refractivity (Wildman–Crippen MR) is 202 cm³/mol. The van der Waals surface area contributed by atoms with Crippen molar-refractivity contribution in [2.45, 2.75) is 32.7 Å². The third-order valence-corrected chi connectivity index (χ3v) is 9.10. The summed E-state index contributed by atoms with van der Waals surface area (Å²) < 4.78 is 61.6. The molecule has 0 fully saturated rings. The SMILES string of the molecule is COc1ccc(CN(Cc2ccc(OC)cc2)c2cc(C)c(C(F)(F)F)c(-c3cc4nc[nH]c(=O)c4c(OCCNCc4cccnc4N)c3Cl)n2)cc1. The van der Waals surface area contributed by atoms with E-state index in [1.807, 2.05) is 59.5 Å². The van der Waals surface area contributed by atoms with Crippen molar-refractivity contribution in [3.63, 3.8) is 0 Å². The Kier molecular flexibility index (Phi) is 11.5. The Morgan fingerprint density at radius 3 is 2.19 bits per heavy atom. The summed E-state index contributed by atoms with van der Waals surface area (Å²) in [5.74, 6) is 1.85. The normalized spacial score (nSPS) is 11.5. The number of ether oxygens (including phenoxy) is 3. The Morgan fingerprint density at radius 1 is 0.944 bits per heavy atom. The molecule has 3 heterocycles. The van der Waals surface area contributed by atoms with E-state index >= 15 is 0 Å². The Morgan fingerprint density at radius 2 is 1.59 bits per heavy atom. The Hall–Kier alpha value is -5.86. The monoisotopic (exact) mass is 759 g/mol. The molecule has 0 amide bonds. The number of fused-ring (bicyclic) bond motifs is 1. The van der Waals surface area contributed by atoms with Gasteiger partial charge < -0.3 is 35.1 Å². The molecule has 0 aliphatic carbocycles. The molecule has 0 aliphatic heterocycles. The zero-order valence-corrected chi connectivity index (χ0v) is 30.4. The number of nitrogen functional groups attached to an aromatic ring is 1. The molecule has 0 unspecified atom stereocenters. The van der Waals surface area contributed by atoms with Gasteiger partial charge in [0.15, 0.2) is 5.75 Å². The molecule has 0 saturated heterocycles. The van der Waals surface area contributed by atoms with Gasteiger partial charge >= 0.3 is 6.18 Å². The molecule has 15 heteroatoms. The molecule has 3 aromatic carbocycles. The van der Waals surface area contributed by atoms with Crippen molar-refractivity contribution < 1.29 is 27.4 Å². The summed E-state index contributed by atoms with van der Waals surface area (Å²) in [6, 6.07) is 21.1. The molecule has 0 aliphatic rings. The lowest BCUT2D eigenvalue weighted by Gasteiger charge is -2.27. The highest BCUT2D eigenvalue weighted by Gasteiger charge is 2.38. The summed E-state index contributed by atoms with van der Waals surface area (Å²) in [6.07, 6.45) is -2.07. The molecule has 280 valence electrons. The van der Waals surface area contributed by atoms with E-state index in [0.717, 1.165) is 23.0 Å². The molecule has 0 radical (unpaired) electrons. The van der Waals surface area contributed by atoms with Crippen LogP contribution in [0.2, 0.25) is 5.02 Å². The van der Waals surface area contributed by atoms with Crippen LogP contribution in [0.1, 0.15) is 27.8 Å². The number of halogens is 4. The molecule has 0 bridgehead atoms. The number of hydrogen-bond acceptors (Lipinski definition) is 10. The first kappa shape index (κ1) is 37.9. The highest BCUT2D eigenvalue weighted by molar-refractivity contribution is 6.36. The Labute approximate surface area is 313 Å². The summed E-state index contributed by atoms with van der Waals surface area (Å²) >= 11 is 6.95. The van der Waals surface area contributed by atoms with Gasteiger partial charge in [0, 0.05) is 43.5 Å². The van der Waals surface area contributed by atoms with Crippen LogP contribution in [0.4, 0.5) is 24.8 Å². The van der Waals surface area contributed by atoms with Crippen LogP contribution in [0.15, 0.2) is 90.1 Å². The van der Waals surface area contributed by atoms with E-state index in [2.05, 4.69) is 25.3 Å². The first-order valence-corrected chi connectivity index (χ1v) is 17.2. The first-order valence-electron chi connectivity index (χ1n) is 16.8. The minimum atomic E-state index is -4.82. The van der Waals surface area contributed by atoms with Gasteiger partial charge in [-0.05, 0) is 66.1 Å². The lowest BCUT2D eigenvalue weighted by atomic mass is 9.99. The zero-order valence-electron chi connectivity index (χ0n) is 29.6. The summed E-state index contributed by atoms with van der Waals surface area (Å²) in [4.78, 5) is 30.5. The molecule has 11 nitrogen and oxygen atoms in total. The van der Waals surface area contributed by atoms with E-state index in [-0.39, 0.29) is 51.8 Å². The molecule has 0 spiro atoms. The highest BCUT2D eigenvalue weighted by Crippen LogP contribution is 2.46. The highest BCUT2D eigenvalue weighted by atomic mass is 35.5. The van der Waals surface area contributed by atoms with Gasteiger partial charge in [-0.25, -0.2) is 15.0 Å². The third kappa shape index (κ3) is 8.50. The van der Waals surface area contributed by atoms with Crippen molar-refractivity contribution in [1.82, 2.24) is 25.3 Å². The van der Waals surface area contributed by atoms with Gasteiger partial charge in [-0.15, -0.1) is 0 Å². The van der Waals surface area contributed by atoms with Crippen LogP contribution >= 0.6 is 11.6 Å². The number of methoxy groups -OCH3 is 2. The smallest absolute Gasteiger partial charge is 0.418 e. The van der Waals surface area contributed by atoms with E-state index in [4.69, 9.17) is 31.5 Å². The number of aromatic nitrogens is 4. The average Bonchev–Trinajstić information content (AvgIpc) is 3.15. The first-order chi connectivity index (χ1) is 26.0. The number of pyridine rings is 2. The largest absolute Gasteiger partial charge is 0.497 e. The van der Waals surface area contributed by atoms with Crippen LogP contribution in [-0.2, 0) is 25.8 Å². The number of H-pyrrole nitrogens is 1. The van der Waals surface area contributed by atoms with E-state index in [9.17, 15) is 18.0 Å². The molecule has 6 rings (SSSR count). The molecular formula is C39H37ClF3N7O4. The minimum Gasteiger partial charge on any atom is -0.497 e. The number of aromatic amines is 1. The van der Waals surface area contributed by atoms with Crippen LogP contribution in [0, 0.1) is 6.92 Å². The van der Waals surface area contributed by atoms with Gasteiger partial charge in [-0.1, -0.05) is 41.9 Å². The fourth-order valence-electron chi connectivity index (χ4n) is 6.02. The third-order valence-electron chi connectivity index (χ3n) is 8.72. The number of hydrogen-bond donors (Lipinski definition) is 3. The summed E-state index contributed by atoms with van der Waals surface area (Å²) in [5, 5.41) is 2.95. The Balaban J connectivity index is 1.43. The molecular weight excluding hydrogens is 723 g/mol. The molecule has 6 aromatic rings. The Bertz CT molecular complexity index is 2250. The fraction of sp³-hybridized carbons (Fsp3) is 0.231. The van der Waals surface area contributed by atoms with Crippen molar-refractivity contribution in [2.75, 3.05) is 38.0 Å². The molecule has 3 aromatic heterocycles. The zero-order chi connectivity index (χ0) is 38.4. The number of benzene rings is 3. The van der Waals surface area contributed by atoms with Gasteiger partial charge in [-0.2, -0.15) is 13.2 Å². The molecule has 54 heavy (non-hydrogen) atoms. The summed E-state index contributed by atoms with van der Waals surface area (Å²) in [5.41, 5.74) is 6.37. The number of nitrogens with zero attached hydrogens (tertiary/aromatic N) is 4. The number of anilines is 2. The number of nitrogens with two attached hydrogens (primary N) is 1. The van der Waals surface area contributed by atoms with Gasteiger partial charge in [-0.3, -0.25) is 4.79 Å². The van der Waals surface area contributed by atoms with E-state index < -0.39 is 23.0 Å². The second-order valence-corrected chi connectivity index (χ2v) is 12.7. The van der Waals surface area contributed by atoms with E-state index in [1.165, 1.54) is 19.1 Å². The van der Waals surface area contributed by atoms with Gasteiger partial charge in [0.25, 0.3) is 5.56 Å². The maximum absolute atomic E-state index is 15.0. The van der Waals surface area contributed by atoms with Crippen molar-refractivity contribution >= 4 is 34.1 Å². The second-order valence-electron chi connectivity index (χ2n) is 12.3. The predicted octanol–water partition coefficient (Wildman–Crippen LogP) is 7.34. The maximum Gasteiger partial charge on any atom is 0.418 e. The number of rotatable bonds is 14. The van der Waals surface area contributed by atoms with Gasteiger partial charge in [0.2, 0.25) is 0 Å². The standard InChI is InChI=1S/C39H37ClF3N7O4/c1-23-17-31(50(20-24-6-10-27(52-2)11-7-24)21-25-8-12-28(53-3)13-9-25)49-35(33(23)39(41,42)43)29-18-30-32(38(51)48-22-47-30)36(34(29)40)54-16-15-45-19-26-5-4-14-46-37(26)44/h4-14,17-18,22,45H,15-16,19-21H2,1-3H3,(H2,44,46)(H,47,48,51). The van der Waals surface area contributed by atoms with Gasteiger partial charge in [0.05, 0.1) is 42.3 Å². The minimum absolute atomic E-state index is 0.00288. The number of nitrogens with one attached hydrogen (secondary N) is 2. The topological polar surface area (TPSA) is 141 Å². The maximum atomic E-state index is 15.0.